The van der Waals surface area contributed by atoms with Crippen LogP contribution in [-0.2, 0) is 7.05 Å². The molecule has 0 aliphatic rings. The molecule has 1 unspecified atom stereocenters. The molecule has 0 radical (unpaired) electrons. The van der Waals surface area contributed by atoms with E-state index in [9.17, 15) is 4.79 Å². The first-order valence-electron chi connectivity index (χ1n) is 8.15. The number of urea groups is 1. The molecule has 2 heterocycles. The SMILES string of the molecule is CCOc1ccc(NC(=O)NC(C)c2cnn(C)c2)c2ncccc12. The van der Waals surface area contributed by atoms with Gasteiger partial charge < -0.3 is 15.4 Å². The molecule has 7 nitrogen and oxygen atoms in total. The van der Waals surface area contributed by atoms with Gasteiger partial charge in [0.15, 0.2) is 0 Å². The third-order valence-electron chi connectivity index (χ3n) is 3.85. The average Bonchev–Trinajstić information content (AvgIpc) is 3.04. The zero-order chi connectivity index (χ0) is 17.8. The zero-order valence-electron chi connectivity index (χ0n) is 14.5. The van der Waals surface area contributed by atoms with Crippen LogP contribution in [0.1, 0.15) is 25.5 Å². The van der Waals surface area contributed by atoms with Crippen LogP contribution < -0.4 is 15.4 Å². The minimum atomic E-state index is -0.299. The molecule has 0 spiro atoms. The number of carbonyl (C=O) groups is 1. The summed E-state index contributed by atoms with van der Waals surface area (Å²) >= 11 is 0. The number of hydrogen-bond acceptors (Lipinski definition) is 4. The Labute approximate surface area is 146 Å². The number of rotatable bonds is 5. The lowest BCUT2D eigenvalue weighted by atomic mass is 10.1. The lowest BCUT2D eigenvalue weighted by molar-refractivity contribution is 0.249. The van der Waals surface area contributed by atoms with Crippen LogP contribution in [0.3, 0.4) is 0 Å². The molecule has 0 saturated carbocycles. The summed E-state index contributed by atoms with van der Waals surface area (Å²) in [6.07, 6.45) is 5.30. The van der Waals surface area contributed by atoms with Crippen LogP contribution in [0.25, 0.3) is 10.9 Å². The molecule has 1 atom stereocenters. The Balaban J connectivity index is 1.78. The standard InChI is InChI=1S/C18H21N5O2/c1-4-25-16-8-7-15(17-14(16)6-5-9-19-17)22-18(24)21-12(2)13-10-20-23(3)11-13/h5-12H,4H2,1-3H3,(H2,21,22,24). The molecular formula is C18H21N5O2. The number of carbonyl (C=O) groups excluding carboxylic acids is 1. The number of ether oxygens (including phenoxy) is 1. The first-order valence-corrected chi connectivity index (χ1v) is 8.15. The van der Waals surface area contributed by atoms with E-state index in [1.807, 2.05) is 45.3 Å². The molecule has 2 N–H and O–H groups in total. The Bertz CT molecular complexity index is 890. The molecular weight excluding hydrogens is 318 g/mol. The molecule has 0 fully saturated rings. The van der Waals surface area contributed by atoms with Crippen molar-refractivity contribution in [2.75, 3.05) is 11.9 Å². The molecule has 0 aliphatic heterocycles. The minimum Gasteiger partial charge on any atom is -0.493 e. The summed E-state index contributed by atoms with van der Waals surface area (Å²) in [7, 11) is 1.84. The number of benzene rings is 1. The van der Waals surface area contributed by atoms with Crippen LogP contribution in [0.5, 0.6) is 5.75 Å². The summed E-state index contributed by atoms with van der Waals surface area (Å²) < 4.78 is 7.33. The normalized spacial score (nSPS) is 12.0. The monoisotopic (exact) mass is 339 g/mol. The Hall–Kier alpha value is -3.09. The number of amides is 2. The van der Waals surface area contributed by atoms with Gasteiger partial charge in [0, 0.05) is 30.4 Å². The number of pyridine rings is 1. The maximum absolute atomic E-state index is 12.3. The summed E-state index contributed by atoms with van der Waals surface area (Å²) in [5, 5.41) is 10.7. The lowest BCUT2D eigenvalue weighted by Gasteiger charge is -2.15. The molecule has 1 aromatic carbocycles. The maximum Gasteiger partial charge on any atom is 0.319 e. The van der Waals surface area contributed by atoms with E-state index in [1.54, 1.807) is 23.1 Å². The first-order chi connectivity index (χ1) is 12.1. The molecule has 7 heteroatoms. The predicted molar refractivity (Wildman–Crippen MR) is 96.7 cm³/mol. The maximum atomic E-state index is 12.3. The van der Waals surface area contributed by atoms with Gasteiger partial charge in [0.25, 0.3) is 0 Å². The van der Waals surface area contributed by atoms with E-state index in [-0.39, 0.29) is 12.1 Å². The van der Waals surface area contributed by atoms with Crippen LogP contribution in [0.4, 0.5) is 10.5 Å². The number of hydrogen-bond donors (Lipinski definition) is 2. The topological polar surface area (TPSA) is 81.1 Å². The van der Waals surface area contributed by atoms with Gasteiger partial charge in [-0.2, -0.15) is 5.10 Å². The zero-order valence-corrected chi connectivity index (χ0v) is 14.5. The van der Waals surface area contributed by atoms with Crippen LogP contribution in [-0.4, -0.2) is 27.4 Å². The van der Waals surface area contributed by atoms with Crippen LogP contribution in [0.2, 0.25) is 0 Å². The van der Waals surface area contributed by atoms with Crippen molar-refractivity contribution in [3.8, 4) is 5.75 Å². The largest absolute Gasteiger partial charge is 0.493 e. The highest BCUT2D eigenvalue weighted by Crippen LogP contribution is 2.30. The van der Waals surface area contributed by atoms with Crippen LogP contribution in [0.15, 0.2) is 42.9 Å². The summed E-state index contributed by atoms with van der Waals surface area (Å²) in [5.41, 5.74) is 2.26. The molecule has 0 saturated heterocycles. The fourth-order valence-electron chi connectivity index (χ4n) is 2.63. The van der Waals surface area contributed by atoms with Gasteiger partial charge in [0.1, 0.15) is 5.75 Å². The number of nitrogens with zero attached hydrogens (tertiary/aromatic N) is 3. The summed E-state index contributed by atoms with van der Waals surface area (Å²) in [6, 6.07) is 6.96. The third kappa shape index (κ3) is 3.71. The van der Waals surface area contributed by atoms with Crippen molar-refractivity contribution in [1.29, 1.82) is 0 Å². The van der Waals surface area contributed by atoms with E-state index < -0.39 is 0 Å². The van der Waals surface area contributed by atoms with Gasteiger partial charge in [-0.05, 0) is 38.1 Å². The van der Waals surface area contributed by atoms with Gasteiger partial charge in [0.05, 0.1) is 30.0 Å². The Morgan fingerprint density at radius 2 is 2.20 bits per heavy atom. The Morgan fingerprint density at radius 1 is 1.36 bits per heavy atom. The quantitative estimate of drug-likeness (QED) is 0.748. The smallest absolute Gasteiger partial charge is 0.319 e. The van der Waals surface area contributed by atoms with Crippen molar-refractivity contribution >= 4 is 22.6 Å². The van der Waals surface area contributed by atoms with E-state index in [0.29, 0.717) is 17.8 Å². The molecule has 3 aromatic rings. The van der Waals surface area contributed by atoms with E-state index >= 15 is 0 Å². The summed E-state index contributed by atoms with van der Waals surface area (Å²) in [6.45, 7) is 4.41. The van der Waals surface area contributed by atoms with Crippen molar-refractivity contribution in [3.63, 3.8) is 0 Å². The van der Waals surface area contributed by atoms with Gasteiger partial charge in [-0.15, -0.1) is 0 Å². The molecule has 0 bridgehead atoms. The van der Waals surface area contributed by atoms with Gasteiger partial charge in [-0.1, -0.05) is 0 Å². The number of anilines is 1. The van der Waals surface area contributed by atoms with Crippen molar-refractivity contribution in [3.05, 3.63) is 48.4 Å². The molecule has 2 amide bonds. The third-order valence-corrected chi connectivity index (χ3v) is 3.85. The number of aryl methyl sites for hydroxylation is 1. The Morgan fingerprint density at radius 3 is 2.92 bits per heavy atom. The first kappa shape index (κ1) is 16.8. The van der Waals surface area contributed by atoms with Gasteiger partial charge in [-0.3, -0.25) is 9.67 Å². The molecule has 25 heavy (non-hydrogen) atoms. The van der Waals surface area contributed by atoms with Crippen molar-refractivity contribution in [2.45, 2.75) is 19.9 Å². The molecule has 130 valence electrons. The second-order valence-corrected chi connectivity index (χ2v) is 5.71. The molecule has 2 aromatic heterocycles. The lowest BCUT2D eigenvalue weighted by Crippen LogP contribution is -2.31. The second-order valence-electron chi connectivity index (χ2n) is 5.71. The van der Waals surface area contributed by atoms with Gasteiger partial charge in [-0.25, -0.2) is 4.79 Å². The number of aromatic nitrogens is 3. The molecule has 3 rings (SSSR count). The number of nitrogens with one attached hydrogen (secondary N) is 2. The van der Waals surface area contributed by atoms with Crippen molar-refractivity contribution in [2.24, 2.45) is 7.05 Å². The average molecular weight is 339 g/mol. The highest BCUT2D eigenvalue weighted by molar-refractivity contribution is 6.01. The van der Waals surface area contributed by atoms with Crippen molar-refractivity contribution in [1.82, 2.24) is 20.1 Å². The summed E-state index contributed by atoms with van der Waals surface area (Å²) in [5.74, 6) is 0.750. The van der Waals surface area contributed by atoms with Crippen molar-refractivity contribution < 1.29 is 9.53 Å². The van der Waals surface area contributed by atoms with Gasteiger partial charge >= 0.3 is 6.03 Å². The minimum absolute atomic E-state index is 0.157. The molecule has 0 aliphatic carbocycles. The van der Waals surface area contributed by atoms with Crippen LogP contribution >= 0.6 is 0 Å². The van der Waals surface area contributed by atoms with E-state index in [4.69, 9.17) is 4.74 Å². The van der Waals surface area contributed by atoms with E-state index in [1.165, 1.54) is 0 Å². The number of fused-ring (bicyclic) bond motifs is 1. The fraction of sp³-hybridized carbons (Fsp3) is 0.278. The summed E-state index contributed by atoms with van der Waals surface area (Å²) in [4.78, 5) is 16.7. The highest BCUT2D eigenvalue weighted by Gasteiger charge is 2.14. The second kappa shape index (κ2) is 7.21. The van der Waals surface area contributed by atoms with Gasteiger partial charge in [0.2, 0.25) is 0 Å². The predicted octanol–water partition coefficient (Wildman–Crippen LogP) is 3.25. The highest BCUT2D eigenvalue weighted by atomic mass is 16.5. The van der Waals surface area contributed by atoms with Crippen LogP contribution in [0, 0.1) is 0 Å². The van der Waals surface area contributed by atoms with E-state index in [2.05, 4.69) is 20.7 Å². The Kier molecular flexibility index (Phi) is 4.83. The van der Waals surface area contributed by atoms with E-state index in [0.717, 1.165) is 16.7 Å². The fourth-order valence-corrected chi connectivity index (χ4v) is 2.63.